The molecule has 0 spiro atoms. The first-order valence-electron chi connectivity index (χ1n) is 5.71. The maximum absolute atomic E-state index is 12.2. The van der Waals surface area contributed by atoms with Gasteiger partial charge in [0.2, 0.25) is 0 Å². The Kier molecular flexibility index (Phi) is 3.82. The van der Waals surface area contributed by atoms with Crippen LogP contribution in [0.5, 0.6) is 0 Å². The molecule has 0 heterocycles. The number of aryl methyl sites for hydroxylation is 2. The fourth-order valence-corrected chi connectivity index (χ4v) is 2.17. The summed E-state index contributed by atoms with van der Waals surface area (Å²) in [6, 6.07) is 13.4. The zero-order valence-electron chi connectivity index (χ0n) is 10.3. The van der Waals surface area contributed by atoms with E-state index in [1.807, 2.05) is 50.2 Å². The average molecular weight is 304 g/mol. The van der Waals surface area contributed by atoms with Crippen LogP contribution in [0.1, 0.15) is 21.5 Å². The summed E-state index contributed by atoms with van der Waals surface area (Å²) in [6.45, 7) is 3.99. The van der Waals surface area contributed by atoms with Crippen LogP contribution >= 0.6 is 15.9 Å². The molecule has 2 aromatic carbocycles. The highest BCUT2D eigenvalue weighted by molar-refractivity contribution is 9.10. The minimum atomic E-state index is -0.101. The Balaban J connectivity index is 2.27. The largest absolute Gasteiger partial charge is 0.322 e. The van der Waals surface area contributed by atoms with E-state index in [0.29, 0.717) is 5.56 Å². The first-order valence-corrected chi connectivity index (χ1v) is 6.50. The number of hydrogen-bond donors (Lipinski definition) is 1. The lowest BCUT2D eigenvalue weighted by Crippen LogP contribution is -2.13. The zero-order chi connectivity index (χ0) is 13.1. The van der Waals surface area contributed by atoms with Crippen molar-refractivity contribution in [2.45, 2.75) is 13.8 Å². The minimum absolute atomic E-state index is 0.101. The molecule has 0 bridgehead atoms. The van der Waals surface area contributed by atoms with Gasteiger partial charge >= 0.3 is 0 Å². The molecule has 0 fully saturated rings. The van der Waals surface area contributed by atoms with Gasteiger partial charge in [0, 0.05) is 10.2 Å². The molecule has 2 rings (SSSR count). The van der Waals surface area contributed by atoms with Crippen LogP contribution in [0.25, 0.3) is 0 Å². The van der Waals surface area contributed by atoms with Gasteiger partial charge in [-0.3, -0.25) is 4.79 Å². The second-order valence-electron chi connectivity index (χ2n) is 4.25. The first-order chi connectivity index (χ1) is 8.58. The Morgan fingerprint density at radius 3 is 2.56 bits per heavy atom. The maximum Gasteiger partial charge on any atom is 0.256 e. The second-order valence-corrected chi connectivity index (χ2v) is 5.11. The van der Waals surface area contributed by atoms with Gasteiger partial charge in [-0.2, -0.15) is 0 Å². The first kappa shape index (κ1) is 12.8. The maximum atomic E-state index is 12.2. The van der Waals surface area contributed by atoms with Crippen molar-refractivity contribution in [2.24, 2.45) is 0 Å². The Hall–Kier alpha value is -1.61. The van der Waals surface area contributed by atoms with Crippen molar-refractivity contribution in [3.05, 3.63) is 63.6 Å². The van der Waals surface area contributed by atoms with Gasteiger partial charge < -0.3 is 5.32 Å². The molecule has 0 aliphatic heterocycles. The zero-order valence-corrected chi connectivity index (χ0v) is 11.9. The van der Waals surface area contributed by atoms with Crippen LogP contribution in [0, 0.1) is 13.8 Å². The predicted octanol–water partition coefficient (Wildman–Crippen LogP) is 4.32. The quantitative estimate of drug-likeness (QED) is 0.879. The summed E-state index contributed by atoms with van der Waals surface area (Å²) in [7, 11) is 0. The lowest BCUT2D eigenvalue weighted by Gasteiger charge is -2.10. The molecular weight excluding hydrogens is 290 g/mol. The van der Waals surface area contributed by atoms with E-state index in [2.05, 4.69) is 21.2 Å². The highest BCUT2D eigenvalue weighted by atomic mass is 79.9. The van der Waals surface area contributed by atoms with Crippen LogP contribution in [0.4, 0.5) is 5.69 Å². The molecule has 92 valence electrons. The summed E-state index contributed by atoms with van der Waals surface area (Å²) in [4.78, 5) is 12.2. The summed E-state index contributed by atoms with van der Waals surface area (Å²) < 4.78 is 0.799. The van der Waals surface area contributed by atoms with E-state index in [1.165, 1.54) is 0 Å². The molecule has 0 saturated heterocycles. The van der Waals surface area contributed by atoms with Gasteiger partial charge in [-0.1, -0.05) is 24.3 Å². The van der Waals surface area contributed by atoms with E-state index in [4.69, 9.17) is 0 Å². The second kappa shape index (κ2) is 5.36. The molecule has 0 aliphatic carbocycles. The number of carbonyl (C=O) groups is 1. The smallest absolute Gasteiger partial charge is 0.256 e. The predicted molar refractivity (Wildman–Crippen MR) is 78.0 cm³/mol. The Bertz CT molecular complexity index is 593. The molecular formula is C15H14BrNO. The summed E-state index contributed by atoms with van der Waals surface area (Å²) in [5.41, 5.74) is 3.68. The van der Waals surface area contributed by atoms with Gasteiger partial charge in [-0.15, -0.1) is 0 Å². The number of benzene rings is 2. The average Bonchev–Trinajstić information content (AvgIpc) is 2.34. The van der Waals surface area contributed by atoms with Crippen molar-refractivity contribution in [3.8, 4) is 0 Å². The molecule has 18 heavy (non-hydrogen) atoms. The van der Waals surface area contributed by atoms with Crippen molar-refractivity contribution in [3.63, 3.8) is 0 Å². The monoisotopic (exact) mass is 303 g/mol. The van der Waals surface area contributed by atoms with E-state index in [1.54, 1.807) is 6.07 Å². The van der Waals surface area contributed by atoms with E-state index >= 15 is 0 Å². The van der Waals surface area contributed by atoms with E-state index in [0.717, 1.165) is 21.3 Å². The van der Waals surface area contributed by atoms with E-state index < -0.39 is 0 Å². The van der Waals surface area contributed by atoms with Crippen LogP contribution in [-0.4, -0.2) is 5.91 Å². The summed E-state index contributed by atoms with van der Waals surface area (Å²) in [6.07, 6.45) is 0. The van der Waals surface area contributed by atoms with Gasteiger partial charge in [0.25, 0.3) is 5.91 Å². The normalized spacial score (nSPS) is 10.2. The SMILES string of the molecule is Cc1ccc(C)c(NC(=O)c2ccccc2Br)c1. The van der Waals surface area contributed by atoms with Crippen LogP contribution in [0.15, 0.2) is 46.9 Å². The minimum Gasteiger partial charge on any atom is -0.322 e. The lowest BCUT2D eigenvalue weighted by atomic mass is 10.1. The number of anilines is 1. The van der Waals surface area contributed by atoms with Crippen LogP contribution in [0.2, 0.25) is 0 Å². The highest BCUT2D eigenvalue weighted by Gasteiger charge is 2.10. The van der Waals surface area contributed by atoms with Crippen molar-refractivity contribution in [1.82, 2.24) is 0 Å². The topological polar surface area (TPSA) is 29.1 Å². The van der Waals surface area contributed by atoms with Crippen molar-refractivity contribution >= 4 is 27.5 Å². The molecule has 3 heteroatoms. The molecule has 0 atom stereocenters. The number of rotatable bonds is 2. The molecule has 2 nitrogen and oxygen atoms in total. The number of hydrogen-bond acceptors (Lipinski definition) is 1. The molecule has 0 saturated carbocycles. The van der Waals surface area contributed by atoms with Gasteiger partial charge in [0.1, 0.15) is 0 Å². The lowest BCUT2D eigenvalue weighted by molar-refractivity contribution is 0.102. The summed E-state index contributed by atoms with van der Waals surface area (Å²) in [5, 5.41) is 2.94. The fraction of sp³-hybridized carbons (Fsp3) is 0.133. The Labute approximate surface area is 115 Å². The number of amides is 1. The third-order valence-electron chi connectivity index (χ3n) is 2.76. The van der Waals surface area contributed by atoms with Gasteiger partial charge in [0.05, 0.1) is 5.56 Å². The number of halogens is 1. The van der Waals surface area contributed by atoms with Gasteiger partial charge in [0.15, 0.2) is 0 Å². The van der Waals surface area contributed by atoms with Crippen molar-refractivity contribution in [1.29, 1.82) is 0 Å². The molecule has 1 amide bonds. The molecule has 0 aliphatic rings. The molecule has 0 unspecified atom stereocenters. The van der Waals surface area contributed by atoms with Crippen molar-refractivity contribution in [2.75, 3.05) is 5.32 Å². The number of nitrogens with one attached hydrogen (secondary N) is 1. The number of carbonyl (C=O) groups excluding carboxylic acids is 1. The molecule has 2 aromatic rings. The Morgan fingerprint density at radius 2 is 1.83 bits per heavy atom. The standard InChI is InChI=1S/C15H14BrNO/c1-10-7-8-11(2)14(9-10)17-15(18)12-5-3-4-6-13(12)16/h3-9H,1-2H3,(H,17,18). The summed E-state index contributed by atoms with van der Waals surface area (Å²) >= 11 is 3.38. The summed E-state index contributed by atoms with van der Waals surface area (Å²) in [5.74, 6) is -0.101. The van der Waals surface area contributed by atoms with Crippen LogP contribution in [0.3, 0.4) is 0 Å². The molecule has 0 radical (unpaired) electrons. The third-order valence-corrected chi connectivity index (χ3v) is 3.45. The van der Waals surface area contributed by atoms with Crippen LogP contribution < -0.4 is 5.32 Å². The fourth-order valence-electron chi connectivity index (χ4n) is 1.71. The third kappa shape index (κ3) is 2.79. The Morgan fingerprint density at radius 1 is 1.11 bits per heavy atom. The highest BCUT2D eigenvalue weighted by Crippen LogP contribution is 2.20. The van der Waals surface area contributed by atoms with E-state index in [-0.39, 0.29) is 5.91 Å². The molecule has 1 N–H and O–H groups in total. The van der Waals surface area contributed by atoms with E-state index in [9.17, 15) is 4.79 Å². The molecule has 0 aromatic heterocycles. The van der Waals surface area contributed by atoms with Gasteiger partial charge in [-0.05, 0) is 59.1 Å². The van der Waals surface area contributed by atoms with Crippen molar-refractivity contribution < 1.29 is 4.79 Å². The van der Waals surface area contributed by atoms with Crippen LogP contribution in [-0.2, 0) is 0 Å². The van der Waals surface area contributed by atoms with Gasteiger partial charge in [-0.25, -0.2) is 0 Å².